The summed E-state index contributed by atoms with van der Waals surface area (Å²) in [5, 5.41) is 0. The molecule has 1 heterocycles. The Labute approximate surface area is 159 Å². The zero-order valence-electron chi connectivity index (χ0n) is 14.2. The topological polar surface area (TPSA) is 78.5 Å². The van der Waals surface area contributed by atoms with E-state index in [1.165, 1.54) is 0 Å². The van der Waals surface area contributed by atoms with Gasteiger partial charge in [-0.3, -0.25) is 25.2 Å². The van der Waals surface area contributed by atoms with E-state index >= 15 is 0 Å². The molecule has 1 aliphatic rings. The van der Waals surface area contributed by atoms with E-state index < -0.39 is 11.8 Å². The van der Waals surface area contributed by atoms with Crippen molar-refractivity contribution in [2.45, 2.75) is 13.3 Å². The summed E-state index contributed by atoms with van der Waals surface area (Å²) in [5.74, 6) is -1.39. The highest BCUT2D eigenvalue weighted by Gasteiger charge is 2.35. The fraction of sp³-hybridized carbons (Fsp3) is 0.211. The summed E-state index contributed by atoms with van der Waals surface area (Å²) in [6.45, 7) is 2.17. The lowest BCUT2D eigenvalue weighted by Crippen LogP contribution is -2.45. The molecule has 0 saturated carbocycles. The summed E-state index contributed by atoms with van der Waals surface area (Å²) >= 11 is 3.35. The Morgan fingerprint density at radius 1 is 1.12 bits per heavy atom. The quantitative estimate of drug-likeness (QED) is 0.756. The second-order valence-corrected chi connectivity index (χ2v) is 7.11. The number of benzene rings is 2. The predicted octanol–water partition coefficient (Wildman–Crippen LogP) is 2.57. The maximum absolute atomic E-state index is 12.3. The van der Waals surface area contributed by atoms with Crippen LogP contribution < -0.4 is 15.8 Å². The van der Waals surface area contributed by atoms with E-state index in [9.17, 15) is 14.4 Å². The number of hydrogen-bond donors (Lipinski definition) is 2. The third-order valence-electron chi connectivity index (χ3n) is 4.21. The van der Waals surface area contributed by atoms with Gasteiger partial charge in [-0.05, 0) is 43.3 Å². The molecule has 3 rings (SSSR count). The molecule has 1 saturated heterocycles. The molecule has 0 unspecified atom stereocenters. The second kappa shape index (κ2) is 7.70. The van der Waals surface area contributed by atoms with Crippen molar-refractivity contribution >= 4 is 39.3 Å². The molecule has 2 N–H and O–H groups in total. The van der Waals surface area contributed by atoms with Crippen LogP contribution in [0.3, 0.4) is 0 Å². The van der Waals surface area contributed by atoms with Gasteiger partial charge in [0.2, 0.25) is 11.8 Å². The number of hydrogen-bond acceptors (Lipinski definition) is 3. The normalized spacial score (nSPS) is 16.5. The number of carbonyl (C=O) groups excluding carboxylic acids is 3. The second-order valence-electron chi connectivity index (χ2n) is 6.19. The highest BCUT2D eigenvalue weighted by molar-refractivity contribution is 9.10. The lowest BCUT2D eigenvalue weighted by Gasteiger charge is -2.17. The van der Waals surface area contributed by atoms with Gasteiger partial charge in [-0.25, -0.2) is 0 Å². The van der Waals surface area contributed by atoms with Crippen molar-refractivity contribution in [3.05, 3.63) is 64.1 Å². The van der Waals surface area contributed by atoms with Gasteiger partial charge in [0.1, 0.15) is 0 Å². The number of anilines is 1. The lowest BCUT2D eigenvalue weighted by molar-refractivity contribution is -0.126. The third-order valence-corrected chi connectivity index (χ3v) is 4.74. The number of nitrogens with one attached hydrogen (secondary N) is 2. The van der Waals surface area contributed by atoms with Crippen LogP contribution in [0.5, 0.6) is 0 Å². The minimum absolute atomic E-state index is 0.113. The summed E-state index contributed by atoms with van der Waals surface area (Å²) in [4.78, 5) is 38.2. The highest BCUT2D eigenvalue weighted by atomic mass is 79.9. The molecule has 6 nitrogen and oxygen atoms in total. The zero-order valence-corrected chi connectivity index (χ0v) is 15.7. The number of hydrazine groups is 1. The lowest BCUT2D eigenvalue weighted by atomic mass is 10.1. The fourth-order valence-electron chi connectivity index (χ4n) is 2.83. The van der Waals surface area contributed by atoms with Crippen LogP contribution in [0.4, 0.5) is 5.69 Å². The Kier molecular flexibility index (Phi) is 5.37. The molecule has 7 heteroatoms. The minimum Gasteiger partial charge on any atom is -0.312 e. The van der Waals surface area contributed by atoms with Gasteiger partial charge in [-0.2, -0.15) is 0 Å². The fourth-order valence-corrected chi connectivity index (χ4v) is 3.10. The van der Waals surface area contributed by atoms with Crippen molar-refractivity contribution in [3.8, 4) is 0 Å². The van der Waals surface area contributed by atoms with Crippen LogP contribution in [0.1, 0.15) is 22.3 Å². The molecule has 0 aliphatic carbocycles. The van der Waals surface area contributed by atoms with Gasteiger partial charge in [0.25, 0.3) is 5.91 Å². The number of amides is 3. The van der Waals surface area contributed by atoms with E-state index in [0.717, 1.165) is 15.7 Å². The van der Waals surface area contributed by atoms with Gasteiger partial charge in [-0.15, -0.1) is 0 Å². The Morgan fingerprint density at radius 3 is 2.54 bits per heavy atom. The van der Waals surface area contributed by atoms with Gasteiger partial charge < -0.3 is 4.90 Å². The number of nitrogens with zero attached hydrogens (tertiary/aromatic N) is 1. The first-order chi connectivity index (χ1) is 12.4. The van der Waals surface area contributed by atoms with Crippen LogP contribution in [0.2, 0.25) is 0 Å². The average molecular weight is 416 g/mol. The summed E-state index contributed by atoms with van der Waals surface area (Å²) < 4.78 is 0.918. The van der Waals surface area contributed by atoms with E-state index in [4.69, 9.17) is 0 Å². The van der Waals surface area contributed by atoms with Crippen molar-refractivity contribution in [1.82, 2.24) is 10.9 Å². The molecule has 1 atom stereocenters. The van der Waals surface area contributed by atoms with E-state index in [0.29, 0.717) is 5.56 Å². The standard InChI is InChI=1S/C19H18BrN3O3/c1-12-3-2-4-13(9-12)18(25)21-22-19(26)14-10-17(24)23(11-14)16-7-5-15(20)6-8-16/h2-9,14H,10-11H2,1H3,(H,21,25)(H,22,26)/t14-/m1/s1. The maximum Gasteiger partial charge on any atom is 0.269 e. The van der Waals surface area contributed by atoms with E-state index in [1.54, 1.807) is 23.1 Å². The molecular weight excluding hydrogens is 398 g/mol. The van der Waals surface area contributed by atoms with Crippen LogP contribution in [-0.4, -0.2) is 24.3 Å². The Hall–Kier alpha value is -2.67. The first-order valence-corrected chi connectivity index (χ1v) is 8.96. The van der Waals surface area contributed by atoms with Crippen molar-refractivity contribution in [1.29, 1.82) is 0 Å². The van der Waals surface area contributed by atoms with Gasteiger partial charge in [-0.1, -0.05) is 33.6 Å². The van der Waals surface area contributed by atoms with Crippen LogP contribution >= 0.6 is 15.9 Å². The molecule has 1 aliphatic heterocycles. The van der Waals surface area contributed by atoms with Crippen LogP contribution in [0, 0.1) is 12.8 Å². The van der Waals surface area contributed by atoms with E-state index in [1.807, 2.05) is 37.3 Å². The van der Waals surface area contributed by atoms with Gasteiger partial charge in [0.05, 0.1) is 5.92 Å². The van der Waals surface area contributed by atoms with Gasteiger partial charge >= 0.3 is 0 Å². The maximum atomic E-state index is 12.3. The first kappa shape index (κ1) is 18.1. The molecule has 3 amide bonds. The largest absolute Gasteiger partial charge is 0.312 e. The highest BCUT2D eigenvalue weighted by Crippen LogP contribution is 2.26. The average Bonchev–Trinajstić information content (AvgIpc) is 3.02. The zero-order chi connectivity index (χ0) is 18.7. The molecular formula is C19H18BrN3O3. The van der Waals surface area contributed by atoms with Crippen molar-refractivity contribution < 1.29 is 14.4 Å². The molecule has 0 spiro atoms. The summed E-state index contributed by atoms with van der Waals surface area (Å²) in [7, 11) is 0. The summed E-state index contributed by atoms with van der Waals surface area (Å²) in [6.07, 6.45) is 0.113. The third kappa shape index (κ3) is 4.11. The number of carbonyl (C=O) groups is 3. The van der Waals surface area contributed by atoms with Crippen molar-refractivity contribution in [2.75, 3.05) is 11.4 Å². The van der Waals surface area contributed by atoms with Crippen LogP contribution in [0.15, 0.2) is 53.0 Å². The monoisotopic (exact) mass is 415 g/mol. The van der Waals surface area contributed by atoms with Crippen LogP contribution in [-0.2, 0) is 9.59 Å². The van der Waals surface area contributed by atoms with Gasteiger partial charge in [0, 0.05) is 28.7 Å². The molecule has 0 bridgehead atoms. The SMILES string of the molecule is Cc1cccc(C(=O)NNC(=O)[C@@H]2CC(=O)N(c3ccc(Br)cc3)C2)c1. The number of aryl methyl sites for hydroxylation is 1. The molecule has 2 aromatic carbocycles. The Morgan fingerprint density at radius 2 is 1.85 bits per heavy atom. The molecule has 0 radical (unpaired) electrons. The number of halogens is 1. The van der Waals surface area contributed by atoms with E-state index in [-0.39, 0.29) is 24.8 Å². The molecule has 2 aromatic rings. The predicted molar refractivity (Wildman–Crippen MR) is 101 cm³/mol. The smallest absolute Gasteiger partial charge is 0.269 e. The van der Waals surface area contributed by atoms with E-state index in [2.05, 4.69) is 26.8 Å². The van der Waals surface area contributed by atoms with Crippen molar-refractivity contribution in [2.24, 2.45) is 5.92 Å². The van der Waals surface area contributed by atoms with Gasteiger partial charge in [0.15, 0.2) is 0 Å². The first-order valence-electron chi connectivity index (χ1n) is 8.17. The summed E-state index contributed by atoms with van der Waals surface area (Å²) in [6, 6.07) is 14.4. The van der Waals surface area contributed by atoms with Crippen LogP contribution in [0.25, 0.3) is 0 Å². The van der Waals surface area contributed by atoms with Crippen molar-refractivity contribution in [3.63, 3.8) is 0 Å². The summed E-state index contributed by atoms with van der Waals surface area (Å²) in [5.41, 5.74) is 6.99. The number of rotatable bonds is 3. The molecule has 134 valence electrons. The minimum atomic E-state index is -0.510. The molecule has 1 fully saturated rings. The molecule has 0 aromatic heterocycles. The Balaban J connectivity index is 1.58. The Bertz CT molecular complexity index is 851. The molecule has 26 heavy (non-hydrogen) atoms.